The fourth-order valence-corrected chi connectivity index (χ4v) is 3.34. The number of aliphatic hydroxyl groups is 1. The van der Waals surface area contributed by atoms with E-state index in [0.29, 0.717) is 22.6 Å². The van der Waals surface area contributed by atoms with E-state index in [9.17, 15) is 9.50 Å². The van der Waals surface area contributed by atoms with Crippen molar-refractivity contribution in [1.82, 2.24) is 14.8 Å². The van der Waals surface area contributed by atoms with Crippen molar-refractivity contribution in [3.8, 4) is 0 Å². The van der Waals surface area contributed by atoms with Crippen molar-refractivity contribution in [1.29, 1.82) is 0 Å². The first-order valence-corrected chi connectivity index (χ1v) is 7.66. The van der Waals surface area contributed by atoms with Gasteiger partial charge in [-0.3, -0.25) is 0 Å². The lowest BCUT2D eigenvalue weighted by atomic mass is 10.2. The Balaban J connectivity index is 1.76. The Hall–Kier alpha value is -1.11. The van der Waals surface area contributed by atoms with Gasteiger partial charge in [-0.05, 0) is 30.5 Å². The second kappa shape index (κ2) is 5.71. The van der Waals surface area contributed by atoms with Gasteiger partial charge in [0.1, 0.15) is 12.4 Å². The Morgan fingerprint density at radius 3 is 2.85 bits per heavy atom. The third kappa shape index (κ3) is 2.82. The summed E-state index contributed by atoms with van der Waals surface area (Å²) in [6.45, 7) is -0.110. The van der Waals surface area contributed by atoms with Crippen LogP contribution in [0.25, 0.3) is 0 Å². The van der Waals surface area contributed by atoms with Gasteiger partial charge in [0.05, 0.1) is 0 Å². The predicted molar refractivity (Wildman–Crippen MR) is 75.2 cm³/mol. The summed E-state index contributed by atoms with van der Waals surface area (Å²) in [5.74, 6) is 0.850. The third-order valence-corrected chi connectivity index (χ3v) is 4.50. The first-order chi connectivity index (χ1) is 9.69. The third-order valence-electron chi connectivity index (χ3n) is 3.16. The number of rotatable bonds is 5. The Kier molecular flexibility index (Phi) is 3.96. The highest BCUT2D eigenvalue weighted by Crippen LogP contribution is 2.39. The summed E-state index contributed by atoms with van der Waals surface area (Å²) in [5, 5.41) is 18.6. The minimum Gasteiger partial charge on any atom is -0.388 e. The monoisotopic (exact) mass is 313 g/mol. The van der Waals surface area contributed by atoms with Crippen molar-refractivity contribution in [3.63, 3.8) is 0 Å². The van der Waals surface area contributed by atoms with E-state index >= 15 is 0 Å². The molecule has 3 rings (SSSR count). The van der Waals surface area contributed by atoms with Crippen molar-refractivity contribution in [2.45, 2.75) is 36.4 Å². The van der Waals surface area contributed by atoms with Crippen LogP contribution in [0.15, 0.2) is 23.4 Å². The first-order valence-electron chi connectivity index (χ1n) is 6.30. The maximum absolute atomic E-state index is 13.0. The summed E-state index contributed by atoms with van der Waals surface area (Å²) in [6, 6.07) is 4.78. The smallest absolute Gasteiger partial charge is 0.191 e. The summed E-state index contributed by atoms with van der Waals surface area (Å²) in [5.41, 5.74) is 0.856. The quantitative estimate of drug-likeness (QED) is 0.861. The molecule has 1 aromatic heterocycles. The van der Waals surface area contributed by atoms with Crippen molar-refractivity contribution in [3.05, 3.63) is 40.4 Å². The number of aliphatic hydroxyl groups excluding tert-OH is 1. The zero-order valence-electron chi connectivity index (χ0n) is 10.6. The predicted octanol–water partition coefficient (Wildman–Crippen LogP) is 3.19. The zero-order valence-corrected chi connectivity index (χ0v) is 12.2. The number of thioether (sulfide) groups is 1. The molecule has 1 aliphatic rings. The molecule has 1 heterocycles. The molecule has 1 aliphatic carbocycles. The van der Waals surface area contributed by atoms with E-state index in [2.05, 4.69) is 10.2 Å². The summed E-state index contributed by atoms with van der Waals surface area (Å²) >= 11 is 7.50. The number of aromatic nitrogens is 3. The summed E-state index contributed by atoms with van der Waals surface area (Å²) in [7, 11) is 0. The van der Waals surface area contributed by atoms with E-state index in [0.717, 1.165) is 23.6 Å². The van der Waals surface area contributed by atoms with Crippen molar-refractivity contribution >= 4 is 23.4 Å². The molecule has 0 bridgehead atoms. The molecule has 0 unspecified atom stereocenters. The maximum Gasteiger partial charge on any atom is 0.191 e. The van der Waals surface area contributed by atoms with E-state index in [-0.39, 0.29) is 12.4 Å². The van der Waals surface area contributed by atoms with Gasteiger partial charge < -0.3 is 9.67 Å². The maximum atomic E-state index is 13.0. The number of hydrogen-bond donors (Lipinski definition) is 1. The molecule has 0 saturated heterocycles. The standard InChI is InChI=1S/C13H13ClFN3OS/c14-11-5-9(15)2-1-8(11)7-20-13-17-16-12(6-19)18(13)10-3-4-10/h1-2,5,10,19H,3-4,6-7H2. The first kappa shape index (κ1) is 13.9. The highest BCUT2D eigenvalue weighted by atomic mass is 35.5. The van der Waals surface area contributed by atoms with Crippen LogP contribution >= 0.6 is 23.4 Å². The van der Waals surface area contributed by atoms with E-state index in [1.807, 2.05) is 4.57 Å². The van der Waals surface area contributed by atoms with Gasteiger partial charge in [-0.15, -0.1) is 10.2 Å². The van der Waals surface area contributed by atoms with Gasteiger partial charge in [0.2, 0.25) is 0 Å². The lowest BCUT2D eigenvalue weighted by Gasteiger charge is -2.08. The highest BCUT2D eigenvalue weighted by Gasteiger charge is 2.29. The Labute approximate surface area is 125 Å². The molecule has 0 aliphatic heterocycles. The number of hydrogen-bond acceptors (Lipinski definition) is 4. The Bertz CT molecular complexity index is 630. The molecular formula is C13H13ClFN3OS. The van der Waals surface area contributed by atoms with Gasteiger partial charge in [0.15, 0.2) is 11.0 Å². The second-order valence-corrected chi connectivity index (χ2v) is 6.03. The van der Waals surface area contributed by atoms with Crippen LogP contribution < -0.4 is 0 Å². The highest BCUT2D eigenvalue weighted by molar-refractivity contribution is 7.98. The lowest BCUT2D eigenvalue weighted by molar-refractivity contribution is 0.263. The van der Waals surface area contributed by atoms with E-state index in [1.165, 1.54) is 23.9 Å². The van der Waals surface area contributed by atoms with E-state index in [1.54, 1.807) is 6.07 Å². The lowest BCUT2D eigenvalue weighted by Crippen LogP contribution is -2.02. The van der Waals surface area contributed by atoms with E-state index < -0.39 is 0 Å². The molecule has 1 N–H and O–H groups in total. The average Bonchev–Trinajstić information content (AvgIpc) is 3.18. The number of nitrogens with zero attached hydrogens (tertiary/aromatic N) is 3. The zero-order chi connectivity index (χ0) is 14.1. The molecule has 0 radical (unpaired) electrons. The molecule has 20 heavy (non-hydrogen) atoms. The molecule has 0 spiro atoms. The normalized spacial score (nSPS) is 14.8. The summed E-state index contributed by atoms with van der Waals surface area (Å²) in [4.78, 5) is 0. The van der Waals surface area contributed by atoms with Crippen LogP contribution in [0.1, 0.15) is 30.3 Å². The fourth-order valence-electron chi connectivity index (χ4n) is 1.99. The van der Waals surface area contributed by atoms with Crippen LogP contribution in [0.5, 0.6) is 0 Å². The van der Waals surface area contributed by atoms with Crippen LogP contribution in [0.2, 0.25) is 5.02 Å². The molecule has 1 aromatic carbocycles. The van der Waals surface area contributed by atoms with E-state index in [4.69, 9.17) is 11.6 Å². The molecule has 1 fully saturated rings. The topological polar surface area (TPSA) is 50.9 Å². The summed E-state index contributed by atoms with van der Waals surface area (Å²) in [6.07, 6.45) is 2.19. The van der Waals surface area contributed by atoms with Crippen LogP contribution in [0.3, 0.4) is 0 Å². The molecular weight excluding hydrogens is 301 g/mol. The Morgan fingerprint density at radius 1 is 1.40 bits per heavy atom. The average molecular weight is 314 g/mol. The van der Waals surface area contributed by atoms with Gasteiger partial charge in [-0.2, -0.15) is 0 Å². The van der Waals surface area contributed by atoms with Gasteiger partial charge in [0, 0.05) is 16.8 Å². The van der Waals surface area contributed by atoms with Crippen LogP contribution in [-0.4, -0.2) is 19.9 Å². The Morgan fingerprint density at radius 2 is 2.20 bits per heavy atom. The van der Waals surface area contributed by atoms with Crippen molar-refractivity contribution < 1.29 is 9.50 Å². The SMILES string of the molecule is OCc1nnc(SCc2ccc(F)cc2Cl)n1C1CC1. The minimum absolute atomic E-state index is 0.110. The van der Waals surface area contributed by atoms with Gasteiger partial charge in [-0.25, -0.2) is 4.39 Å². The molecule has 1 saturated carbocycles. The van der Waals surface area contributed by atoms with Crippen LogP contribution in [0.4, 0.5) is 4.39 Å². The number of benzene rings is 1. The van der Waals surface area contributed by atoms with Gasteiger partial charge >= 0.3 is 0 Å². The van der Waals surface area contributed by atoms with Crippen molar-refractivity contribution in [2.24, 2.45) is 0 Å². The molecule has 4 nitrogen and oxygen atoms in total. The molecule has 2 aromatic rings. The molecule has 106 valence electrons. The van der Waals surface area contributed by atoms with Gasteiger partial charge in [0.25, 0.3) is 0 Å². The molecule has 0 atom stereocenters. The van der Waals surface area contributed by atoms with Gasteiger partial charge in [-0.1, -0.05) is 29.4 Å². The van der Waals surface area contributed by atoms with Crippen LogP contribution in [-0.2, 0) is 12.4 Å². The molecule has 0 amide bonds. The fraction of sp³-hybridized carbons (Fsp3) is 0.385. The number of halogens is 2. The van der Waals surface area contributed by atoms with Crippen LogP contribution in [0, 0.1) is 5.82 Å². The largest absolute Gasteiger partial charge is 0.388 e. The molecule has 7 heteroatoms. The minimum atomic E-state index is -0.340. The summed E-state index contributed by atoms with van der Waals surface area (Å²) < 4.78 is 15.0. The van der Waals surface area contributed by atoms with Crippen molar-refractivity contribution in [2.75, 3.05) is 0 Å². The second-order valence-electron chi connectivity index (χ2n) is 4.68.